The van der Waals surface area contributed by atoms with Gasteiger partial charge in [0.1, 0.15) is 0 Å². The molecule has 5 nitrogen and oxygen atoms in total. The number of nitrogens with one attached hydrogen (secondary N) is 1. The summed E-state index contributed by atoms with van der Waals surface area (Å²) in [4.78, 5) is 13.6. The molecule has 4 N–H and O–H groups in total. The van der Waals surface area contributed by atoms with Crippen LogP contribution in [0.4, 0.5) is 11.4 Å². The molecule has 0 spiro atoms. The van der Waals surface area contributed by atoms with E-state index in [1.165, 1.54) is 0 Å². The average Bonchev–Trinajstić information content (AvgIpc) is 2.43. The summed E-state index contributed by atoms with van der Waals surface area (Å²) >= 11 is 0. The molecule has 0 aliphatic heterocycles. The van der Waals surface area contributed by atoms with Crippen LogP contribution in [0.2, 0.25) is 0 Å². The van der Waals surface area contributed by atoms with Gasteiger partial charge in [-0.15, -0.1) is 0 Å². The summed E-state index contributed by atoms with van der Waals surface area (Å²) in [5, 5.41) is 11.3. The van der Waals surface area contributed by atoms with Crippen LogP contribution < -0.4 is 16.0 Å². The fraction of sp³-hybridized carbons (Fsp3) is 0.500. The van der Waals surface area contributed by atoms with Crippen LogP contribution in [0.3, 0.4) is 0 Å². The zero-order valence-electron chi connectivity index (χ0n) is 11.6. The van der Waals surface area contributed by atoms with Crippen molar-refractivity contribution in [1.29, 1.82) is 0 Å². The van der Waals surface area contributed by atoms with E-state index in [2.05, 4.69) is 5.32 Å². The number of carbonyl (C=O) groups is 1. The second-order valence-corrected chi connectivity index (χ2v) is 4.56. The fourth-order valence-electron chi connectivity index (χ4n) is 1.92. The molecule has 1 amide bonds. The number of aliphatic hydroxyl groups is 1. The van der Waals surface area contributed by atoms with Gasteiger partial charge < -0.3 is 21.1 Å². The van der Waals surface area contributed by atoms with E-state index < -0.39 is 0 Å². The Bertz CT molecular complexity index is 421. The lowest BCUT2D eigenvalue weighted by atomic mass is 10.1. The van der Waals surface area contributed by atoms with E-state index in [4.69, 9.17) is 10.8 Å². The third-order valence-corrected chi connectivity index (χ3v) is 3.08. The molecule has 106 valence electrons. The zero-order chi connectivity index (χ0) is 14.3. The van der Waals surface area contributed by atoms with Crippen LogP contribution >= 0.6 is 0 Å². The standard InChI is InChI=1S/C14H23N3O2/c1-16-14(19)11-6-7-12(15)13(10-11)17(2)8-4-3-5-9-18/h6-7,10,18H,3-5,8-9,15H2,1-2H3,(H,16,19). The van der Waals surface area contributed by atoms with Crippen molar-refractivity contribution >= 4 is 17.3 Å². The van der Waals surface area contributed by atoms with E-state index in [9.17, 15) is 4.79 Å². The van der Waals surface area contributed by atoms with Crippen LogP contribution in [-0.2, 0) is 0 Å². The molecule has 0 aromatic heterocycles. The summed E-state index contributed by atoms with van der Waals surface area (Å²) in [6, 6.07) is 5.28. The van der Waals surface area contributed by atoms with Crippen LogP contribution in [0.5, 0.6) is 0 Å². The van der Waals surface area contributed by atoms with Gasteiger partial charge in [0.05, 0.1) is 11.4 Å². The quantitative estimate of drug-likeness (QED) is 0.512. The van der Waals surface area contributed by atoms with Gasteiger partial charge in [-0.05, 0) is 37.5 Å². The van der Waals surface area contributed by atoms with Crippen molar-refractivity contribution in [2.24, 2.45) is 0 Å². The SMILES string of the molecule is CNC(=O)c1ccc(N)c(N(C)CCCCCO)c1. The third kappa shape index (κ3) is 4.44. The number of rotatable bonds is 7. The molecule has 0 heterocycles. The third-order valence-electron chi connectivity index (χ3n) is 3.08. The molecule has 0 unspecified atom stereocenters. The predicted octanol–water partition coefficient (Wildman–Crippen LogP) is 1.23. The summed E-state index contributed by atoms with van der Waals surface area (Å²) < 4.78 is 0. The van der Waals surface area contributed by atoms with Gasteiger partial charge in [-0.25, -0.2) is 0 Å². The van der Waals surface area contributed by atoms with E-state index in [0.29, 0.717) is 11.3 Å². The van der Waals surface area contributed by atoms with Crippen molar-refractivity contribution in [2.45, 2.75) is 19.3 Å². The van der Waals surface area contributed by atoms with Crippen molar-refractivity contribution in [1.82, 2.24) is 5.32 Å². The number of unbranched alkanes of at least 4 members (excludes halogenated alkanes) is 2. The molecule has 0 fully saturated rings. The highest BCUT2D eigenvalue weighted by Crippen LogP contribution is 2.24. The van der Waals surface area contributed by atoms with Gasteiger partial charge in [0.2, 0.25) is 0 Å². The van der Waals surface area contributed by atoms with Gasteiger partial charge in [0, 0.05) is 32.8 Å². The highest BCUT2D eigenvalue weighted by Gasteiger charge is 2.10. The van der Waals surface area contributed by atoms with Crippen molar-refractivity contribution in [3.05, 3.63) is 23.8 Å². The molecule has 0 radical (unpaired) electrons. The Morgan fingerprint density at radius 2 is 2.11 bits per heavy atom. The molecule has 1 aromatic rings. The molecular formula is C14H23N3O2. The van der Waals surface area contributed by atoms with E-state index in [1.54, 1.807) is 25.2 Å². The minimum atomic E-state index is -0.116. The van der Waals surface area contributed by atoms with E-state index in [0.717, 1.165) is 31.5 Å². The van der Waals surface area contributed by atoms with Gasteiger partial charge >= 0.3 is 0 Å². The maximum Gasteiger partial charge on any atom is 0.251 e. The van der Waals surface area contributed by atoms with Crippen LogP contribution in [0, 0.1) is 0 Å². The number of carbonyl (C=O) groups excluding carboxylic acids is 1. The number of benzene rings is 1. The number of hydrogen-bond acceptors (Lipinski definition) is 4. The largest absolute Gasteiger partial charge is 0.397 e. The molecule has 0 bridgehead atoms. The summed E-state index contributed by atoms with van der Waals surface area (Å²) in [5.74, 6) is -0.116. The minimum absolute atomic E-state index is 0.116. The van der Waals surface area contributed by atoms with Crippen LogP contribution in [0.25, 0.3) is 0 Å². The number of anilines is 2. The minimum Gasteiger partial charge on any atom is -0.397 e. The number of nitrogen functional groups attached to an aromatic ring is 1. The monoisotopic (exact) mass is 265 g/mol. The molecular weight excluding hydrogens is 242 g/mol. The van der Waals surface area contributed by atoms with Crippen LogP contribution in [0.1, 0.15) is 29.6 Å². The zero-order valence-corrected chi connectivity index (χ0v) is 11.6. The number of nitrogens with two attached hydrogens (primary N) is 1. The Hall–Kier alpha value is -1.75. The highest BCUT2D eigenvalue weighted by atomic mass is 16.2. The molecule has 0 saturated heterocycles. The average molecular weight is 265 g/mol. The molecule has 19 heavy (non-hydrogen) atoms. The maximum atomic E-state index is 11.6. The highest BCUT2D eigenvalue weighted by molar-refractivity contribution is 5.96. The van der Waals surface area contributed by atoms with Crippen molar-refractivity contribution in [3.8, 4) is 0 Å². The first-order chi connectivity index (χ1) is 9.10. The lowest BCUT2D eigenvalue weighted by molar-refractivity contribution is 0.0963. The van der Waals surface area contributed by atoms with Gasteiger partial charge in [-0.3, -0.25) is 4.79 Å². The molecule has 0 aliphatic carbocycles. The summed E-state index contributed by atoms with van der Waals surface area (Å²) in [7, 11) is 3.56. The second-order valence-electron chi connectivity index (χ2n) is 4.56. The Morgan fingerprint density at radius 1 is 1.37 bits per heavy atom. The number of aliphatic hydroxyl groups excluding tert-OH is 1. The predicted molar refractivity (Wildman–Crippen MR) is 78.5 cm³/mol. The van der Waals surface area contributed by atoms with Crippen molar-refractivity contribution in [3.63, 3.8) is 0 Å². The Balaban J connectivity index is 2.72. The smallest absolute Gasteiger partial charge is 0.251 e. The first-order valence-corrected chi connectivity index (χ1v) is 6.53. The summed E-state index contributed by atoms with van der Waals surface area (Å²) in [5.41, 5.74) is 8.08. The molecule has 1 aromatic carbocycles. The normalized spacial score (nSPS) is 10.3. The first-order valence-electron chi connectivity index (χ1n) is 6.53. The molecule has 1 rings (SSSR count). The van der Waals surface area contributed by atoms with Crippen molar-refractivity contribution in [2.75, 3.05) is 37.9 Å². The summed E-state index contributed by atoms with van der Waals surface area (Å²) in [6.07, 6.45) is 2.79. The lowest BCUT2D eigenvalue weighted by Gasteiger charge is -2.21. The van der Waals surface area contributed by atoms with Crippen LogP contribution in [0.15, 0.2) is 18.2 Å². The van der Waals surface area contributed by atoms with E-state index in [-0.39, 0.29) is 12.5 Å². The topological polar surface area (TPSA) is 78.6 Å². The number of nitrogens with zero attached hydrogens (tertiary/aromatic N) is 1. The molecule has 0 atom stereocenters. The Labute approximate surface area is 114 Å². The lowest BCUT2D eigenvalue weighted by Crippen LogP contribution is -2.22. The van der Waals surface area contributed by atoms with Gasteiger partial charge in [-0.2, -0.15) is 0 Å². The summed E-state index contributed by atoms with van der Waals surface area (Å²) in [6.45, 7) is 1.08. The number of hydrogen-bond donors (Lipinski definition) is 3. The molecule has 0 saturated carbocycles. The fourth-order valence-corrected chi connectivity index (χ4v) is 1.92. The van der Waals surface area contributed by atoms with Gasteiger partial charge in [0.15, 0.2) is 0 Å². The Kier molecular flexibility index (Phi) is 6.15. The van der Waals surface area contributed by atoms with Gasteiger partial charge in [0.25, 0.3) is 5.91 Å². The second kappa shape index (κ2) is 7.63. The van der Waals surface area contributed by atoms with Gasteiger partial charge in [-0.1, -0.05) is 0 Å². The molecule has 5 heteroatoms. The first kappa shape index (κ1) is 15.3. The Morgan fingerprint density at radius 3 is 2.74 bits per heavy atom. The van der Waals surface area contributed by atoms with Crippen molar-refractivity contribution < 1.29 is 9.90 Å². The maximum absolute atomic E-state index is 11.6. The van der Waals surface area contributed by atoms with E-state index >= 15 is 0 Å². The number of amides is 1. The van der Waals surface area contributed by atoms with E-state index in [1.807, 2.05) is 11.9 Å². The van der Waals surface area contributed by atoms with Crippen LogP contribution in [-0.4, -0.2) is 38.3 Å². The molecule has 0 aliphatic rings.